The summed E-state index contributed by atoms with van der Waals surface area (Å²) in [5.41, 5.74) is 12.4. The van der Waals surface area contributed by atoms with E-state index in [2.05, 4.69) is 48.2 Å². The van der Waals surface area contributed by atoms with Crippen molar-refractivity contribution in [2.75, 3.05) is 17.2 Å². The topological polar surface area (TPSA) is 29.3 Å². The second-order valence-corrected chi connectivity index (χ2v) is 5.30. The number of hydrogen-bond donors (Lipinski definition) is 1. The number of nitrogens with two attached hydrogens (primary N) is 1. The van der Waals surface area contributed by atoms with E-state index >= 15 is 0 Å². The summed E-state index contributed by atoms with van der Waals surface area (Å²) in [6, 6.07) is 14.9. The zero-order chi connectivity index (χ0) is 13.2. The lowest BCUT2D eigenvalue weighted by Crippen LogP contribution is -2.29. The molecule has 2 aromatic carbocycles. The lowest BCUT2D eigenvalue weighted by molar-refractivity contribution is 0.691. The Bertz CT molecular complexity index is 590. The van der Waals surface area contributed by atoms with Crippen molar-refractivity contribution in [1.29, 1.82) is 0 Å². The summed E-state index contributed by atoms with van der Waals surface area (Å²) in [6.45, 7) is 4.27. The maximum absolute atomic E-state index is 6.10. The fourth-order valence-electron chi connectivity index (χ4n) is 2.89. The Labute approximate surface area is 114 Å². The second kappa shape index (κ2) is 4.96. The van der Waals surface area contributed by atoms with Crippen LogP contribution in [0, 0.1) is 6.92 Å². The molecule has 2 nitrogen and oxygen atoms in total. The molecule has 0 aliphatic carbocycles. The van der Waals surface area contributed by atoms with Gasteiger partial charge in [0.25, 0.3) is 0 Å². The summed E-state index contributed by atoms with van der Waals surface area (Å²) in [6.07, 6.45) is 2.29. The third-order valence-corrected chi connectivity index (χ3v) is 4.01. The molecule has 0 unspecified atom stereocenters. The first-order chi connectivity index (χ1) is 9.25. The van der Waals surface area contributed by atoms with E-state index in [0.717, 1.165) is 25.2 Å². The summed E-state index contributed by atoms with van der Waals surface area (Å²) < 4.78 is 0. The number of fused-ring (bicyclic) bond motifs is 1. The zero-order valence-corrected chi connectivity index (χ0v) is 11.4. The SMILES string of the molecule is Cc1ccccc1CN1CCCc2c(N)cccc21. The van der Waals surface area contributed by atoms with Crippen LogP contribution in [-0.2, 0) is 13.0 Å². The fourth-order valence-corrected chi connectivity index (χ4v) is 2.89. The summed E-state index contributed by atoms with van der Waals surface area (Å²) in [7, 11) is 0. The lowest BCUT2D eigenvalue weighted by atomic mass is 9.98. The van der Waals surface area contributed by atoms with Crippen molar-refractivity contribution in [3.63, 3.8) is 0 Å². The van der Waals surface area contributed by atoms with Crippen molar-refractivity contribution in [3.05, 3.63) is 59.2 Å². The molecule has 0 saturated heterocycles. The Hall–Kier alpha value is -1.96. The summed E-state index contributed by atoms with van der Waals surface area (Å²) >= 11 is 0. The molecular formula is C17H20N2. The van der Waals surface area contributed by atoms with Crippen LogP contribution in [0.15, 0.2) is 42.5 Å². The average Bonchev–Trinajstić information content (AvgIpc) is 2.42. The van der Waals surface area contributed by atoms with E-state index in [1.807, 2.05) is 6.07 Å². The van der Waals surface area contributed by atoms with Gasteiger partial charge in [-0.05, 0) is 48.6 Å². The van der Waals surface area contributed by atoms with Gasteiger partial charge < -0.3 is 10.6 Å². The maximum Gasteiger partial charge on any atom is 0.0432 e. The first-order valence-corrected chi connectivity index (χ1v) is 6.92. The molecule has 0 saturated carbocycles. The molecule has 0 amide bonds. The molecule has 0 fully saturated rings. The Kier molecular flexibility index (Phi) is 3.16. The first kappa shape index (κ1) is 12.1. The number of aryl methyl sites for hydroxylation is 1. The molecule has 2 heteroatoms. The van der Waals surface area contributed by atoms with Gasteiger partial charge in [0.05, 0.1) is 0 Å². The molecule has 2 aromatic rings. The van der Waals surface area contributed by atoms with E-state index in [1.165, 1.54) is 28.8 Å². The quantitative estimate of drug-likeness (QED) is 0.828. The van der Waals surface area contributed by atoms with E-state index in [4.69, 9.17) is 5.73 Å². The molecule has 0 spiro atoms. The van der Waals surface area contributed by atoms with Gasteiger partial charge in [0.2, 0.25) is 0 Å². The van der Waals surface area contributed by atoms with Crippen LogP contribution in [0.3, 0.4) is 0 Å². The van der Waals surface area contributed by atoms with Crippen LogP contribution in [0.2, 0.25) is 0 Å². The minimum absolute atomic E-state index is 0.937. The van der Waals surface area contributed by atoms with E-state index in [-0.39, 0.29) is 0 Å². The van der Waals surface area contributed by atoms with Crippen LogP contribution >= 0.6 is 0 Å². The smallest absolute Gasteiger partial charge is 0.0432 e. The molecule has 1 aliphatic heterocycles. The van der Waals surface area contributed by atoms with Gasteiger partial charge in [-0.1, -0.05) is 30.3 Å². The van der Waals surface area contributed by atoms with Crippen LogP contribution in [-0.4, -0.2) is 6.54 Å². The number of anilines is 2. The predicted molar refractivity (Wildman–Crippen MR) is 81.4 cm³/mol. The van der Waals surface area contributed by atoms with Crippen molar-refractivity contribution in [3.8, 4) is 0 Å². The van der Waals surface area contributed by atoms with E-state index in [1.54, 1.807) is 0 Å². The molecule has 98 valence electrons. The van der Waals surface area contributed by atoms with Crippen LogP contribution < -0.4 is 10.6 Å². The van der Waals surface area contributed by atoms with Gasteiger partial charge in [-0.15, -0.1) is 0 Å². The molecule has 0 radical (unpaired) electrons. The maximum atomic E-state index is 6.10. The second-order valence-electron chi connectivity index (χ2n) is 5.30. The van der Waals surface area contributed by atoms with Gasteiger partial charge >= 0.3 is 0 Å². The van der Waals surface area contributed by atoms with E-state index < -0.39 is 0 Å². The highest BCUT2D eigenvalue weighted by atomic mass is 15.1. The Morgan fingerprint density at radius 3 is 2.79 bits per heavy atom. The third kappa shape index (κ3) is 2.30. The van der Waals surface area contributed by atoms with Gasteiger partial charge in [0.1, 0.15) is 0 Å². The molecule has 1 aliphatic rings. The molecule has 3 rings (SSSR count). The molecule has 2 N–H and O–H groups in total. The third-order valence-electron chi connectivity index (χ3n) is 4.01. The van der Waals surface area contributed by atoms with Gasteiger partial charge in [-0.25, -0.2) is 0 Å². The predicted octanol–water partition coefficient (Wildman–Crippen LogP) is 3.53. The summed E-state index contributed by atoms with van der Waals surface area (Å²) in [5.74, 6) is 0. The Balaban J connectivity index is 1.92. The van der Waals surface area contributed by atoms with Crippen LogP contribution in [0.25, 0.3) is 0 Å². The summed E-state index contributed by atoms with van der Waals surface area (Å²) in [4.78, 5) is 2.46. The molecule has 1 heterocycles. The van der Waals surface area contributed by atoms with Crippen LogP contribution in [0.5, 0.6) is 0 Å². The van der Waals surface area contributed by atoms with Gasteiger partial charge in [0, 0.05) is 24.5 Å². The zero-order valence-electron chi connectivity index (χ0n) is 11.4. The minimum Gasteiger partial charge on any atom is -0.398 e. The number of nitrogens with zero attached hydrogens (tertiary/aromatic N) is 1. The van der Waals surface area contributed by atoms with Crippen molar-refractivity contribution in [2.45, 2.75) is 26.3 Å². The first-order valence-electron chi connectivity index (χ1n) is 6.92. The van der Waals surface area contributed by atoms with Crippen molar-refractivity contribution in [1.82, 2.24) is 0 Å². The highest BCUT2D eigenvalue weighted by Gasteiger charge is 2.18. The minimum atomic E-state index is 0.937. The standard InChI is InChI=1S/C17H20N2/c1-13-6-2-3-7-14(13)12-19-11-5-8-15-16(18)9-4-10-17(15)19/h2-4,6-7,9-10H,5,8,11-12,18H2,1H3. The van der Waals surface area contributed by atoms with Crippen molar-refractivity contribution >= 4 is 11.4 Å². The van der Waals surface area contributed by atoms with Crippen molar-refractivity contribution < 1.29 is 0 Å². The van der Waals surface area contributed by atoms with E-state index in [0.29, 0.717) is 0 Å². The van der Waals surface area contributed by atoms with Crippen molar-refractivity contribution in [2.24, 2.45) is 0 Å². The lowest BCUT2D eigenvalue weighted by Gasteiger charge is -2.32. The van der Waals surface area contributed by atoms with Gasteiger partial charge in [-0.3, -0.25) is 0 Å². The molecule has 0 aromatic heterocycles. The number of benzene rings is 2. The number of rotatable bonds is 2. The molecular weight excluding hydrogens is 232 g/mol. The monoisotopic (exact) mass is 252 g/mol. The average molecular weight is 252 g/mol. The van der Waals surface area contributed by atoms with E-state index in [9.17, 15) is 0 Å². The Morgan fingerprint density at radius 1 is 1.11 bits per heavy atom. The largest absolute Gasteiger partial charge is 0.398 e. The van der Waals surface area contributed by atoms with Crippen LogP contribution in [0.1, 0.15) is 23.1 Å². The normalized spacial score (nSPS) is 14.3. The molecule has 0 bridgehead atoms. The van der Waals surface area contributed by atoms with Gasteiger partial charge in [0.15, 0.2) is 0 Å². The highest BCUT2D eigenvalue weighted by Crippen LogP contribution is 2.32. The van der Waals surface area contributed by atoms with Gasteiger partial charge in [-0.2, -0.15) is 0 Å². The number of nitrogen functional groups attached to an aromatic ring is 1. The molecule has 0 atom stereocenters. The fraction of sp³-hybridized carbons (Fsp3) is 0.294. The number of hydrogen-bond acceptors (Lipinski definition) is 2. The molecule has 19 heavy (non-hydrogen) atoms. The van der Waals surface area contributed by atoms with Crippen LogP contribution in [0.4, 0.5) is 11.4 Å². The highest BCUT2D eigenvalue weighted by molar-refractivity contribution is 5.66. The Morgan fingerprint density at radius 2 is 1.95 bits per heavy atom. The summed E-state index contributed by atoms with van der Waals surface area (Å²) in [5, 5.41) is 0.